The lowest BCUT2D eigenvalue weighted by molar-refractivity contribution is 0.431. The number of nitrogens with zero attached hydrogens (tertiary/aromatic N) is 3. The van der Waals surface area contributed by atoms with Gasteiger partial charge in [0.2, 0.25) is 5.82 Å². The zero-order chi connectivity index (χ0) is 13.2. The highest BCUT2D eigenvalue weighted by Crippen LogP contribution is 2.26. The van der Waals surface area contributed by atoms with Crippen molar-refractivity contribution >= 4 is 0 Å². The number of hydrogen-bond acceptors (Lipinski definition) is 5. The lowest BCUT2D eigenvalue weighted by Crippen LogP contribution is -1.82. The van der Waals surface area contributed by atoms with Crippen molar-refractivity contribution in [3.63, 3.8) is 0 Å². The van der Waals surface area contributed by atoms with Gasteiger partial charge in [0.25, 0.3) is 5.89 Å². The van der Waals surface area contributed by atoms with Crippen molar-refractivity contribution in [1.29, 1.82) is 0 Å². The summed E-state index contributed by atoms with van der Waals surface area (Å²) in [6, 6.07) is 8.90. The fourth-order valence-electron chi connectivity index (χ4n) is 1.70. The van der Waals surface area contributed by atoms with Gasteiger partial charge in [-0.15, -0.1) is 0 Å². The van der Waals surface area contributed by atoms with E-state index in [0.29, 0.717) is 17.3 Å². The molecule has 0 fully saturated rings. The molecule has 0 atom stereocenters. The van der Waals surface area contributed by atoms with Gasteiger partial charge in [-0.1, -0.05) is 11.2 Å². The largest absolute Gasteiger partial charge is 0.508 e. The summed E-state index contributed by atoms with van der Waals surface area (Å²) in [6.07, 6.45) is 3.35. The maximum Gasteiger partial charge on any atom is 0.258 e. The Morgan fingerprint density at radius 2 is 2.05 bits per heavy atom. The average molecular weight is 253 g/mol. The molecule has 0 spiro atoms. The Balaban J connectivity index is 1.99. The van der Waals surface area contributed by atoms with Crippen molar-refractivity contribution in [2.45, 2.75) is 6.92 Å². The predicted molar refractivity (Wildman–Crippen MR) is 69.4 cm³/mol. The molecule has 0 saturated heterocycles. The Morgan fingerprint density at radius 3 is 2.79 bits per heavy atom. The first-order valence-electron chi connectivity index (χ1n) is 5.78. The van der Waals surface area contributed by atoms with Crippen LogP contribution >= 0.6 is 0 Å². The molecular formula is C14H11N3O2. The third-order valence-corrected chi connectivity index (χ3v) is 2.80. The Hall–Kier alpha value is -2.69. The van der Waals surface area contributed by atoms with Gasteiger partial charge in [0, 0.05) is 23.5 Å². The van der Waals surface area contributed by atoms with Crippen LogP contribution in [0.5, 0.6) is 5.75 Å². The lowest BCUT2D eigenvalue weighted by atomic mass is 10.1. The molecule has 2 heterocycles. The molecule has 0 amide bonds. The molecule has 3 rings (SSSR count). The van der Waals surface area contributed by atoms with Gasteiger partial charge in [-0.2, -0.15) is 4.98 Å². The topological polar surface area (TPSA) is 72.0 Å². The quantitative estimate of drug-likeness (QED) is 0.760. The summed E-state index contributed by atoms with van der Waals surface area (Å²) in [5.74, 6) is 1.05. The molecule has 1 N–H and O–H groups in total. The summed E-state index contributed by atoms with van der Waals surface area (Å²) in [5.41, 5.74) is 2.27. The number of aromatic hydroxyl groups is 1. The third-order valence-electron chi connectivity index (χ3n) is 2.80. The van der Waals surface area contributed by atoms with Crippen LogP contribution in [0.15, 0.2) is 47.2 Å². The summed E-state index contributed by atoms with van der Waals surface area (Å²) in [4.78, 5) is 8.30. The maximum absolute atomic E-state index is 9.69. The molecule has 19 heavy (non-hydrogen) atoms. The Kier molecular flexibility index (Phi) is 2.72. The van der Waals surface area contributed by atoms with E-state index in [4.69, 9.17) is 4.52 Å². The van der Waals surface area contributed by atoms with Crippen LogP contribution in [0.25, 0.3) is 22.8 Å². The molecule has 2 aromatic heterocycles. The van der Waals surface area contributed by atoms with E-state index in [-0.39, 0.29) is 5.75 Å². The van der Waals surface area contributed by atoms with Crippen LogP contribution in [0, 0.1) is 6.92 Å². The van der Waals surface area contributed by atoms with E-state index in [9.17, 15) is 5.11 Å². The second kappa shape index (κ2) is 4.53. The van der Waals surface area contributed by atoms with Crippen molar-refractivity contribution in [1.82, 2.24) is 15.1 Å². The number of pyridine rings is 1. The predicted octanol–water partition coefficient (Wildman–Crippen LogP) is 2.81. The van der Waals surface area contributed by atoms with E-state index in [1.807, 2.05) is 25.1 Å². The number of aryl methyl sites for hydroxylation is 1. The molecule has 0 aliphatic heterocycles. The molecule has 0 aliphatic rings. The number of benzene rings is 1. The second-order valence-electron chi connectivity index (χ2n) is 4.17. The van der Waals surface area contributed by atoms with Crippen molar-refractivity contribution in [2.75, 3.05) is 0 Å². The number of rotatable bonds is 2. The van der Waals surface area contributed by atoms with Crippen molar-refractivity contribution in [3.8, 4) is 28.6 Å². The van der Waals surface area contributed by atoms with Gasteiger partial charge in [-0.3, -0.25) is 4.98 Å². The number of phenolic OH excluding ortho intramolecular Hbond substituents is 1. The van der Waals surface area contributed by atoms with Gasteiger partial charge in [0.05, 0.1) is 0 Å². The molecule has 0 bridgehead atoms. The SMILES string of the molecule is Cc1ccc(-c2nc(-c3cccnc3)no2)cc1O. The van der Waals surface area contributed by atoms with Crippen molar-refractivity contribution in [2.24, 2.45) is 0 Å². The van der Waals surface area contributed by atoms with Crippen LogP contribution < -0.4 is 0 Å². The zero-order valence-electron chi connectivity index (χ0n) is 10.2. The summed E-state index contributed by atoms with van der Waals surface area (Å²) >= 11 is 0. The van der Waals surface area contributed by atoms with Crippen molar-refractivity contribution in [3.05, 3.63) is 48.3 Å². The molecule has 94 valence electrons. The maximum atomic E-state index is 9.69. The van der Waals surface area contributed by atoms with E-state index in [0.717, 1.165) is 11.1 Å². The average Bonchev–Trinajstić information content (AvgIpc) is 2.93. The first-order valence-corrected chi connectivity index (χ1v) is 5.78. The monoisotopic (exact) mass is 253 g/mol. The van der Waals surface area contributed by atoms with Crippen LogP contribution in [0.2, 0.25) is 0 Å². The normalized spacial score (nSPS) is 10.6. The molecular weight excluding hydrogens is 242 g/mol. The summed E-state index contributed by atoms with van der Waals surface area (Å²) < 4.78 is 5.20. The number of aromatic nitrogens is 3. The van der Waals surface area contributed by atoms with Gasteiger partial charge in [-0.05, 0) is 36.8 Å². The molecule has 0 aliphatic carbocycles. The van der Waals surface area contributed by atoms with Crippen molar-refractivity contribution < 1.29 is 9.63 Å². The minimum absolute atomic E-state index is 0.207. The number of hydrogen-bond donors (Lipinski definition) is 1. The van der Waals surface area contributed by atoms with E-state index >= 15 is 0 Å². The third kappa shape index (κ3) is 2.18. The minimum atomic E-state index is 0.207. The molecule has 3 aromatic rings. The van der Waals surface area contributed by atoms with Gasteiger partial charge >= 0.3 is 0 Å². The van der Waals surface area contributed by atoms with Crippen LogP contribution in [0.3, 0.4) is 0 Å². The molecule has 0 saturated carbocycles. The molecule has 5 nitrogen and oxygen atoms in total. The lowest BCUT2D eigenvalue weighted by Gasteiger charge is -1.99. The van der Waals surface area contributed by atoms with Gasteiger partial charge < -0.3 is 9.63 Å². The molecule has 0 radical (unpaired) electrons. The van der Waals surface area contributed by atoms with E-state index in [2.05, 4.69) is 15.1 Å². The van der Waals surface area contributed by atoms with Gasteiger partial charge in [0.15, 0.2) is 0 Å². The number of phenols is 1. The fourth-order valence-corrected chi connectivity index (χ4v) is 1.70. The first-order chi connectivity index (χ1) is 9.24. The summed E-state index contributed by atoms with van der Waals surface area (Å²) in [6.45, 7) is 1.83. The van der Waals surface area contributed by atoms with Crippen LogP contribution in [-0.4, -0.2) is 20.2 Å². The van der Waals surface area contributed by atoms with Crippen LogP contribution in [-0.2, 0) is 0 Å². The highest BCUT2D eigenvalue weighted by Gasteiger charge is 2.11. The molecule has 0 unspecified atom stereocenters. The van der Waals surface area contributed by atoms with E-state index in [1.54, 1.807) is 24.5 Å². The van der Waals surface area contributed by atoms with E-state index < -0.39 is 0 Å². The highest BCUT2D eigenvalue weighted by molar-refractivity contribution is 5.61. The minimum Gasteiger partial charge on any atom is -0.508 e. The van der Waals surface area contributed by atoms with Gasteiger partial charge in [-0.25, -0.2) is 0 Å². The summed E-state index contributed by atoms with van der Waals surface area (Å²) in [5, 5.41) is 13.6. The molecule has 5 heteroatoms. The first kappa shape index (κ1) is 11.4. The Bertz CT molecular complexity index is 708. The van der Waals surface area contributed by atoms with Gasteiger partial charge in [0.1, 0.15) is 5.75 Å². The summed E-state index contributed by atoms with van der Waals surface area (Å²) in [7, 11) is 0. The van der Waals surface area contributed by atoms with Crippen LogP contribution in [0.4, 0.5) is 0 Å². The second-order valence-corrected chi connectivity index (χ2v) is 4.17. The molecule has 1 aromatic carbocycles. The standard InChI is InChI=1S/C14H11N3O2/c1-9-4-5-10(7-12(9)18)14-16-13(17-19-14)11-3-2-6-15-8-11/h2-8,18H,1H3. The smallest absolute Gasteiger partial charge is 0.258 e. The fraction of sp³-hybridized carbons (Fsp3) is 0.0714. The highest BCUT2D eigenvalue weighted by atomic mass is 16.5. The van der Waals surface area contributed by atoms with E-state index in [1.165, 1.54) is 0 Å². The van der Waals surface area contributed by atoms with Crippen LogP contribution in [0.1, 0.15) is 5.56 Å². The Labute approximate surface area is 109 Å². The Morgan fingerprint density at radius 1 is 1.16 bits per heavy atom. The zero-order valence-corrected chi connectivity index (χ0v) is 10.2.